The lowest BCUT2D eigenvalue weighted by Gasteiger charge is -2.24. The molecule has 0 fully saturated rings. The second-order valence-corrected chi connectivity index (χ2v) is 7.08. The van der Waals surface area contributed by atoms with Gasteiger partial charge in [-0.2, -0.15) is 0 Å². The van der Waals surface area contributed by atoms with Crippen LogP contribution in [-0.4, -0.2) is 5.91 Å². The van der Waals surface area contributed by atoms with Crippen LogP contribution in [-0.2, 0) is 10.2 Å². The van der Waals surface area contributed by atoms with Crippen LogP contribution in [0.1, 0.15) is 53.5 Å². The van der Waals surface area contributed by atoms with E-state index in [-0.39, 0.29) is 16.7 Å². The molecule has 0 aliphatic heterocycles. The number of anilines is 1. The highest BCUT2D eigenvalue weighted by Gasteiger charge is 2.20. The topological polar surface area (TPSA) is 29.1 Å². The minimum atomic E-state index is 0.0146. The lowest BCUT2D eigenvalue weighted by Crippen LogP contribution is -2.22. The van der Waals surface area contributed by atoms with E-state index in [1.807, 2.05) is 18.2 Å². The molecule has 0 spiro atoms. The highest BCUT2D eigenvalue weighted by atomic mass is 16.1. The zero-order chi connectivity index (χ0) is 14.0. The van der Waals surface area contributed by atoms with E-state index in [0.717, 1.165) is 5.69 Å². The Morgan fingerprint density at radius 3 is 2.11 bits per heavy atom. The summed E-state index contributed by atoms with van der Waals surface area (Å²) in [5, 5.41) is 3.03. The molecule has 1 amide bonds. The van der Waals surface area contributed by atoms with Gasteiger partial charge in [0.05, 0.1) is 0 Å². The average molecular weight is 247 g/mol. The Kier molecular flexibility index (Phi) is 4.20. The van der Waals surface area contributed by atoms with Crippen LogP contribution >= 0.6 is 0 Å². The van der Waals surface area contributed by atoms with Gasteiger partial charge in [0.15, 0.2) is 0 Å². The van der Waals surface area contributed by atoms with Crippen molar-refractivity contribution in [2.24, 2.45) is 5.41 Å². The van der Waals surface area contributed by atoms with Crippen molar-refractivity contribution >= 4 is 11.6 Å². The van der Waals surface area contributed by atoms with Gasteiger partial charge in [-0.25, -0.2) is 0 Å². The highest BCUT2D eigenvalue weighted by molar-refractivity contribution is 5.92. The number of hydrogen-bond donors (Lipinski definition) is 1. The number of nitrogens with one attached hydrogen (secondary N) is 1. The quantitative estimate of drug-likeness (QED) is 0.826. The zero-order valence-corrected chi connectivity index (χ0v) is 12.4. The van der Waals surface area contributed by atoms with E-state index in [1.54, 1.807) is 0 Å². The van der Waals surface area contributed by atoms with E-state index < -0.39 is 0 Å². The third-order valence-corrected chi connectivity index (χ3v) is 2.70. The van der Waals surface area contributed by atoms with Crippen LogP contribution in [0.4, 0.5) is 5.69 Å². The molecule has 1 rings (SSSR count). The van der Waals surface area contributed by atoms with Gasteiger partial charge in [0.1, 0.15) is 0 Å². The Hall–Kier alpha value is -1.31. The molecule has 0 aliphatic carbocycles. The third kappa shape index (κ3) is 4.52. The summed E-state index contributed by atoms with van der Waals surface area (Å²) in [5.74, 6) is 0.0826. The minimum Gasteiger partial charge on any atom is -0.326 e. The van der Waals surface area contributed by atoms with E-state index in [0.29, 0.717) is 6.42 Å². The Labute approximate surface area is 111 Å². The maximum Gasteiger partial charge on any atom is 0.224 e. The second kappa shape index (κ2) is 5.13. The van der Waals surface area contributed by atoms with Gasteiger partial charge in [0.25, 0.3) is 0 Å². The summed E-state index contributed by atoms with van der Waals surface area (Å²) >= 11 is 0. The van der Waals surface area contributed by atoms with Crippen LogP contribution in [0.3, 0.4) is 0 Å². The van der Waals surface area contributed by atoms with Gasteiger partial charge in [0, 0.05) is 12.1 Å². The van der Waals surface area contributed by atoms with Gasteiger partial charge in [-0.3, -0.25) is 4.79 Å². The molecule has 100 valence electrons. The first-order valence-corrected chi connectivity index (χ1v) is 6.49. The summed E-state index contributed by atoms with van der Waals surface area (Å²) in [6.07, 6.45) is 0.533. The summed E-state index contributed by atoms with van der Waals surface area (Å²) in [6, 6.07) is 8.02. The number of carbonyl (C=O) groups excluding carboxylic acids is 1. The second-order valence-electron chi connectivity index (χ2n) is 7.08. The number of hydrogen-bond acceptors (Lipinski definition) is 1. The molecular formula is C16H25NO. The van der Waals surface area contributed by atoms with Crippen molar-refractivity contribution in [2.75, 3.05) is 5.32 Å². The minimum absolute atomic E-state index is 0.0146. The predicted molar refractivity (Wildman–Crippen MR) is 77.8 cm³/mol. The average Bonchev–Trinajstić information content (AvgIpc) is 2.13. The van der Waals surface area contributed by atoms with Gasteiger partial charge >= 0.3 is 0 Å². The summed E-state index contributed by atoms with van der Waals surface area (Å²) in [6.45, 7) is 12.7. The van der Waals surface area contributed by atoms with Crippen molar-refractivity contribution < 1.29 is 4.79 Å². The maximum absolute atomic E-state index is 12.0. The van der Waals surface area contributed by atoms with E-state index in [9.17, 15) is 4.79 Å². The van der Waals surface area contributed by atoms with Gasteiger partial charge in [-0.15, -0.1) is 0 Å². The van der Waals surface area contributed by atoms with Crippen molar-refractivity contribution in [1.29, 1.82) is 0 Å². The first-order chi connectivity index (χ1) is 8.09. The molecule has 1 N–H and O–H groups in total. The van der Waals surface area contributed by atoms with Gasteiger partial charge < -0.3 is 5.32 Å². The largest absolute Gasteiger partial charge is 0.326 e. The van der Waals surface area contributed by atoms with Crippen molar-refractivity contribution in [3.63, 3.8) is 0 Å². The molecule has 0 unspecified atom stereocenters. The molecule has 0 bridgehead atoms. The molecule has 0 aromatic heterocycles. The lowest BCUT2D eigenvalue weighted by molar-refractivity contribution is -0.117. The van der Waals surface area contributed by atoms with Crippen LogP contribution < -0.4 is 5.32 Å². The normalized spacial score (nSPS) is 12.3. The van der Waals surface area contributed by atoms with Crippen molar-refractivity contribution in [3.8, 4) is 0 Å². The number of rotatable bonds is 2. The smallest absolute Gasteiger partial charge is 0.224 e. The Balaban J connectivity index is 2.89. The molecule has 2 heteroatoms. The SMILES string of the molecule is CC(C)(C)CC(=O)Nc1ccccc1C(C)(C)C. The summed E-state index contributed by atoms with van der Waals surface area (Å²) in [7, 11) is 0. The molecule has 0 aliphatic rings. The summed E-state index contributed by atoms with van der Waals surface area (Å²) < 4.78 is 0. The fourth-order valence-corrected chi connectivity index (χ4v) is 1.92. The molecular weight excluding hydrogens is 222 g/mol. The van der Waals surface area contributed by atoms with Gasteiger partial charge in [-0.05, 0) is 22.5 Å². The molecule has 0 saturated carbocycles. The van der Waals surface area contributed by atoms with Crippen LogP contribution in [0.2, 0.25) is 0 Å². The van der Waals surface area contributed by atoms with Gasteiger partial charge in [0.2, 0.25) is 5.91 Å². The lowest BCUT2D eigenvalue weighted by atomic mass is 9.85. The first kappa shape index (κ1) is 14.7. The molecule has 18 heavy (non-hydrogen) atoms. The Morgan fingerprint density at radius 1 is 1.06 bits per heavy atom. The monoisotopic (exact) mass is 247 g/mol. The van der Waals surface area contributed by atoms with Crippen LogP contribution in [0, 0.1) is 5.41 Å². The maximum atomic E-state index is 12.0. The fraction of sp³-hybridized carbons (Fsp3) is 0.562. The highest BCUT2D eigenvalue weighted by Crippen LogP contribution is 2.30. The van der Waals surface area contributed by atoms with Crippen LogP contribution in [0.25, 0.3) is 0 Å². The summed E-state index contributed by atoms with van der Waals surface area (Å²) in [4.78, 5) is 12.0. The number of amides is 1. The van der Waals surface area contributed by atoms with Crippen molar-refractivity contribution in [3.05, 3.63) is 29.8 Å². The molecule has 0 heterocycles. The molecule has 0 atom stereocenters. The standard InChI is InChI=1S/C16H25NO/c1-15(2,3)11-14(18)17-13-10-8-7-9-12(13)16(4,5)6/h7-10H,11H2,1-6H3,(H,17,18). The molecule has 1 aromatic rings. The van der Waals surface area contributed by atoms with Crippen LogP contribution in [0.5, 0.6) is 0 Å². The van der Waals surface area contributed by atoms with Crippen LogP contribution in [0.15, 0.2) is 24.3 Å². The van der Waals surface area contributed by atoms with E-state index in [1.165, 1.54) is 5.56 Å². The molecule has 2 nitrogen and oxygen atoms in total. The van der Waals surface area contributed by atoms with Crippen molar-refractivity contribution in [2.45, 2.75) is 53.4 Å². The summed E-state index contributed by atoms with van der Waals surface area (Å²) in [5.41, 5.74) is 2.15. The number of benzene rings is 1. The van der Waals surface area contributed by atoms with Gasteiger partial charge in [-0.1, -0.05) is 59.7 Å². The Bertz CT molecular complexity index is 421. The van der Waals surface area contributed by atoms with E-state index in [2.05, 4.69) is 52.9 Å². The molecule has 0 saturated heterocycles. The predicted octanol–water partition coefficient (Wildman–Crippen LogP) is 4.36. The first-order valence-electron chi connectivity index (χ1n) is 6.49. The van der Waals surface area contributed by atoms with E-state index >= 15 is 0 Å². The number of carbonyl (C=O) groups is 1. The Morgan fingerprint density at radius 2 is 1.61 bits per heavy atom. The van der Waals surface area contributed by atoms with Crippen molar-refractivity contribution in [1.82, 2.24) is 0 Å². The molecule has 0 radical (unpaired) electrons. The fourth-order valence-electron chi connectivity index (χ4n) is 1.92. The van der Waals surface area contributed by atoms with E-state index in [4.69, 9.17) is 0 Å². The number of para-hydroxylation sites is 1. The third-order valence-electron chi connectivity index (χ3n) is 2.70. The molecule has 1 aromatic carbocycles. The zero-order valence-electron chi connectivity index (χ0n) is 12.4.